The minimum atomic E-state index is -1.21. The van der Waals surface area contributed by atoms with Gasteiger partial charge in [0, 0.05) is 20.6 Å². The summed E-state index contributed by atoms with van der Waals surface area (Å²) in [6.45, 7) is 2.10. The number of ether oxygens (including phenoxy) is 1. The van der Waals surface area contributed by atoms with Crippen molar-refractivity contribution in [3.05, 3.63) is 0 Å². The Morgan fingerprint density at radius 2 is 2.00 bits per heavy atom. The summed E-state index contributed by atoms with van der Waals surface area (Å²) in [4.78, 5) is 34.7. The molecule has 0 aliphatic rings. The van der Waals surface area contributed by atoms with E-state index in [1.54, 1.807) is 6.92 Å². The maximum atomic E-state index is 11.8. The zero-order valence-electron chi connectivity index (χ0n) is 11.4. The lowest BCUT2D eigenvalue weighted by Gasteiger charge is -2.26. The minimum Gasteiger partial charge on any atom is -0.480 e. The van der Waals surface area contributed by atoms with Crippen molar-refractivity contribution in [3.8, 4) is 0 Å². The van der Waals surface area contributed by atoms with Crippen molar-refractivity contribution in [2.24, 2.45) is 5.73 Å². The quantitative estimate of drug-likeness (QED) is 0.545. The predicted octanol–water partition coefficient (Wildman–Crippen LogP) is -0.619. The molecule has 0 fully saturated rings. The fourth-order valence-electron chi connectivity index (χ4n) is 1.35. The second-order valence-corrected chi connectivity index (χ2v) is 4.26. The van der Waals surface area contributed by atoms with Crippen LogP contribution in [0.4, 0.5) is 4.79 Å². The van der Waals surface area contributed by atoms with E-state index in [1.807, 2.05) is 0 Å². The van der Waals surface area contributed by atoms with Gasteiger partial charge >= 0.3 is 12.0 Å². The van der Waals surface area contributed by atoms with Crippen molar-refractivity contribution < 1.29 is 24.2 Å². The lowest BCUT2D eigenvalue weighted by Crippen LogP contribution is -2.50. The molecular formula is C11H21N3O5. The molecular weight excluding hydrogens is 254 g/mol. The standard InChI is InChI=1S/C11H21N3O5/c1-7(6-19-3)14(2)11(18)13-8(10(16)17)4-5-9(12)15/h7-8H,4-6H2,1-3H3,(H2,12,15)(H,13,18)(H,16,17). The van der Waals surface area contributed by atoms with Gasteiger partial charge in [-0.15, -0.1) is 0 Å². The Labute approximate surface area is 111 Å². The first-order valence-corrected chi connectivity index (χ1v) is 5.83. The maximum absolute atomic E-state index is 11.8. The fraction of sp³-hybridized carbons (Fsp3) is 0.727. The second-order valence-electron chi connectivity index (χ2n) is 4.26. The third-order valence-electron chi connectivity index (χ3n) is 2.66. The van der Waals surface area contributed by atoms with Gasteiger partial charge in [0.05, 0.1) is 12.6 Å². The van der Waals surface area contributed by atoms with Gasteiger partial charge in [0.25, 0.3) is 0 Å². The molecule has 19 heavy (non-hydrogen) atoms. The minimum absolute atomic E-state index is 0.0388. The monoisotopic (exact) mass is 275 g/mol. The summed E-state index contributed by atoms with van der Waals surface area (Å²) in [6.07, 6.45) is -0.141. The first kappa shape index (κ1) is 17.2. The van der Waals surface area contributed by atoms with Crippen molar-refractivity contribution >= 4 is 17.9 Å². The van der Waals surface area contributed by atoms with Gasteiger partial charge in [0.15, 0.2) is 0 Å². The fourth-order valence-corrected chi connectivity index (χ4v) is 1.35. The van der Waals surface area contributed by atoms with Gasteiger partial charge in [-0.2, -0.15) is 0 Å². The third-order valence-corrected chi connectivity index (χ3v) is 2.66. The molecule has 3 amide bonds. The average Bonchev–Trinajstić information content (AvgIpc) is 2.32. The number of aliphatic carboxylic acids is 1. The lowest BCUT2D eigenvalue weighted by molar-refractivity contribution is -0.139. The third kappa shape index (κ3) is 6.61. The molecule has 0 saturated carbocycles. The van der Waals surface area contributed by atoms with E-state index in [9.17, 15) is 14.4 Å². The van der Waals surface area contributed by atoms with E-state index in [0.717, 1.165) is 0 Å². The number of nitrogens with two attached hydrogens (primary N) is 1. The Morgan fingerprint density at radius 3 is 2.42 bits per heavy atom. The van der Waals surface area contributed by atoms with Crippen LogP contribution in [-0.4, -0.2) is 60.8 Å². The van der Waals surface area contributed by atoms with Crippen molar-refractivity contribution in [2.45, 2.75) is 31.8 Å². The molecule has 0 rings (SSSR count). The van der Waals surface area contributed by atoms with Gasteiger partial charge in [-0.3, -0.25) is 4.79 Å². The molecule has 0 saturated heterocycles. The van der Waals surface area contributed by atoms with Crippen LogP contribution in [-0.2, 0) is 14.3 Å². The number of carbonyl (C=O) groups is 3. The first-order chi connectivity index (χ1) is 8.79. The van der Waals surface area contributed by atoms with E-state index in [2.05, 4.69) is 5.32 Å². The topological polar surface area (TPSA) is 122 Å². The molecule has 8 heteroatoms. The van der Waals surface area contributed by atoms with E-state index >= 15 is 0 Å². The van der Waals surface area contributed by atoms with Crippen LogP contribution >= 0.6 is 0 Å². The van der Waals surface area contributed by atoms with Gasteiger partial charge in [-0.25, -0.2) is 9.59 Å². The van der Waals surface area contributed by atoms with Crippen LogP contribution in [0, 0.1) is 0 Å². The number of primary amides is 1. The number of nitrogens with one attached hydrogen (secondary N) is 1. The summed E-state index contributed by atoms with van der Waals surface area (Å²) in [6, 6.07) is -1.88. The van der Waals surface area contributed by atoms with Crippen molar-refractivity contribution in [1.29, 1.82) is 0 Å². The Morgan fingerprint density at radius 1 is 1.42 bits per heavy atom. The van der Waals surface area contributed by atoms with Crippen molar-refractivity contribution in [2.75, 3.05) is 20.8 Å². The van der Waals surface area contributed by atoms with Crippen LogP contribution in [0.2, 0.25) is 0 Å². The molecule has 0 aromatic heterocycles. The number of carbonyl (C=O) groups excluding carboxylic acids is 2. The highest BCUT2D eigenvalue weighted by atomic mass is 16.5. The van der Waals surface area contributed by atoms with Crippen LogP contribution < -0.4 is 11.1 Å². The Bertz CT molecular complexity index is 334. The molecule has 4 N–H and O–H groups in total. The number of hydrogen-bond donors (Lipinski definition) is 3. The van der Waals surface area contributed by atoms with E-state index in [0.29, 0.717) is 6.61 Å². The zero-order chi connectivity index (χ0) is 15.0. The van der Waals surface area contributed by atoms with E-state index in [4.69, 9.17) is 15.6 Å². The molecule has 0 radical (unpaired) electrons. The second kappa shape index (κ2) is 8.30. The molecule has 0 aliphatic heterocycles. The van der Waals surface area contributed by atoms with E-state index in [1.165, 1.54) is 19.1 Å². The van der Waals surface area contributed by atoms with Crippen LogP contribution in [0.5, 0.6) is 0 Å². The van der Waals surface area contributed by atoms with Crippen LogP contribution in [0.1, 0.15) is 19.8 Å². The van der Waals surface area contributed by atoms with Gasteiger partial charge in [-0.1, -0.05) is 0 Å². The van der Waals surface area contributed by atoms with Crippen LogP contribution in [0.25, 0.3) is 0 Å². The summed E-state index contributed by atoms with van der Waals surface area (Å²) < 4.78 is 4.91. The number of carboxylic acids is 1. The first-order valence-electron chi connectivity index (χ1n) is 5.83. The molecule has 0 bridgehead atoms. The summed E-state index contributed by atoms with van der Waals surface area (Å²) in [5.41, 5.74) is 4.95. The number of methoxy groups -OCH3 is 1. The molecule has 2 unspecified atom stereocenters. The SMILES string of the molecule is COCC(C)N(C)C(=O)NC(CCC(N)=O)C(=O)O. The number of hydrogen-bond acceptors (Lipinski definition) is 4. The van der Waals surface area contributed by atoms with Gasteiger partial charge < -0.3 is 25.8 Å². The Hall–Kier alpha value is -1.83. The Kier molecular flexibility index (Phi) is 7.50. The Balaban J connectivity index is 4.45. The highest BCUT2D eigenvalue weighted by molar-refractivity contribution is 5.83. The predicted molar refractivity (Wildman–Crippen MR) is 67.5 cm³/mol. The molecule has 2 atom stereocenters. The number of amides is 3. The maximum Gasteiger partial charge on any atom is 0.326 e. The lowest BCUT2D eigenvalue weighted by atomic mass is 10.1. The molecule has 110 valence electrons. The van der Waals surface area contributed by atoms with Crippen LogP contribution in [0.15, 0.2) is 0 Å². The van der Waals surface area contributed by atoms with Gasteiger partial charge in [-0.05, 0) is 13.3 Å². The normalized spacial score (nSPS) is 13.4. The summed E-state index contributed by atoms with van der Waals surface area (Å²) >= 11 is 0. The van der Waals surface area contributed by atoms with Crippen molar-refractivity contribution in [1.82, 2.24) is 10.2 Å². The summed E-state index contributed by atoms with van der Waals surface area (Å²) in [5, 5.41) is 11.3. The number of nitrogens with zero attached hydrogens (tertiary/aromatic N) is 1. The molecule has 0 spiro atoms. The largest absolute Gasteiger partial charge is 0.480 e. The summed E-state index contributed by atoms with van der Waals surface area (Å²) in [5.74, 6) is -1.82. The molecule has 0 heterocycles. The van der Waals surface area contributed by atoms with E-state index < -0.39 is 23.9 Å². The molecule has 8 nitrogen and oxygen atoms in total. The average molecular weight is 275 g/mol. The molecule has 0 aromatic carbocycles. The molecule has 0 aliphatic carbocycles. The van der Waals surface area contributed by atoms with Crippen LogP contribution in [0.3, 0.4) is 0 Å². The van der Waals surface area contributed by atoms with Crippen molar-refractivity contribution in [3.63, 3.8) is 0 Å². The number of likely N-dealkylation sites (N-methyl/N-ethyl adjacent to an activating group) is 1. The number of urea groups is 1. The highest BCUT2D eigenvalue weighted by Gasteiger charge is 2.24. The van der Waals surface area contributed by atoms with Gasteiger partial charge in [0.2, 0.25) is 5.91 Å². The highest BCUT2D eigenvalue weighted by Crippen LogP contribution is 2.01. The smallest absolute Gasteiger partial charge is 0.326 e. The summed E-state index contributed by atoms with van der Waals surface area (Å²) in [7, 11) is 3.04. The zero-order valence-corrected chi connectivity index (χ0v) is 11.4. The van der Waals surface area contributed by atoms with E-state index in [-0.39, 0.29) is 18.9 Å². The molecule has 0 aromatic rings. The number of rotatable bonds is 8. The number of carboxylic acid groups (broad SMARTS) is 1. The van der Waals surface area contributed by atoms with Gasteiger partial charge in [0.1, 0.15) is 6.04 Å².